The third kappa shape index (κ3) is 3.39. The quantitative estimate of drug-likeness (QED) is 0.648. The summed E-state index contributed by atoms with van der Waals surface area (Å²) in [5, 5.41) is 0. The van der Waals surface area contributed by atoms with E-state index in [2.05, 4.69) is 15.0 Å². The van der Waals surface area contributed by atoms with Gasteiger partial charge < -0.3 is 5.73 Å². The van der Waals surface area contributed by atoms with Gasteiger partial charge in [0.15, 0.2) is 0 Å². The fourth-order valence-electron chi connectivity index (χ4n) is 0.996. The summed E-state index contributed by atoms with van der Waals surface area (Å²) in [6.45, 7) is 0.775. The van der Waals surface area contributed by atoms with Gasteiger partial charge in [-0.1, -0.05) is 6.42 Å². The molecule has 2 N–H and O–H groups in total. The van der Waals surface area contributed by atoms with Crippen molar-refractivity contribution in [1.29, 1.82) is 0 Å². The van der Waals surface area contributed by atoms with E-state index in [4.69, 9.17) is 5.73 Å². The van der Waals surface area contributed by atoms with Crippen molar-refractivity contribution in [3.05, 3.63) is 18.5 Å². The predicted octanol–water partition coefficient (Wildman–Crippen LogP) is 0.543. The molecule has 0 spiro atoms. The van der Waals surface area contributed by atoms with Gasteiger partial charge in [-0.3, -0.25) is 0 Å². The summed E-state index contributed by atoms with van der Waals surface area (Å²) < 4.78 is 0. The van der Waals surface area contributed by atoms with Crippen LogP contribution in [-0.4, -0.2) is 21.5 Å². The topological polar surface area (TPSA) is 64.7 Å². The fraction of sp³-hybridized carbons (Fsp3) is 0.625. The Kier molecular flexibility index (Phi) is 4.23. The number of nitrogens with two attached hydrogens (primary N) is 1. The zero-order valence-corrected chi connectivity index (χ0v) is 7.11. The van der Waals surface area contributed by atoms with E-state index >= 15 is 0 Å². The van der Waals surface area contributed by atoms with Crippen molar-refractivity contribution in [2.45, 2.75) is 25.7 Å². The van der Waals surface area contributed by atoms with Crippen LogP contribution in [0.3, 0.4) is 0 Å². The Balaban J connectivity index is 2.16. The molecule has 0 aliphatic rings. The monoisotopic (exact) mass is 166 g/mol. The molecule has 0 unspecified atom stereocenters. The lowest BCUT2D eigenvalue weighted by Gasteiger charge is -1.97. The third-order valence-corrected chi connectivity index (χ3v) is 1.65. The SMILES string of the molecule is NCCCCCc1ncncn1. The molecule has 0 fully saturated rings. The normalized spacial score (nSPS) is 10.1. The summed E-state index contributed by atoms with van der Waals surface area (Å²) in [5.41, 5.74) is 5.37. The summed E-state index contributed by atoms with van der Waals surface area (Å²) in [6.07, 6.45) is 7.35. The van der Waals surface area contributed by atoms with Gasteiger partial charge in [0.2, 0.25) is 0 Å². The lowest BCUT2D eigenvalue weighted by atomic mass is 10.2. The highest BCUT2D eigenvalue weighted by Gasteiger charge is 1.93. The summed E-state index contributed by atoms with van der Waals surface area (Å²) >= 11 is 0. The lowest BCUT2D eigenvalue weighted by molar-refractivity contribution is 0.666. The minimum Gasteiger partial charge on any atom is -0.330 e. The van der Waals surface area contributed by atoms with Crippen molar-refractivity contribution < 1.29 is 0 Å². The highest BCUT2D eigenvalue weighted by molar-refractivity contribution is 4.80. The van der Waals surface area contributed by atoms with E-state index in [0.717, 1.165) is 38.1 Å². The molecule has 0 aliphatic heterocycles. The first-order chi connectivity index (χ1) is 5.93. The van der Waals surface area contributed by atoms with E-state index in [9.17, 15) is 0 Å². The molecule has 12 heavy (non-hydrogen) atoms. The van der Waals surface area contributed by atoms with E-state index in [0.29, 0.717) is 0 Å². The van der Waals surface area contributed by atoms with E-state index in [-0.39, 0.29) is 0 Å². The molecule has 1 aromatic rings. The molecule has 0 amide bonds. The zero-order chi connectivity index (χ0) is 8.65. The standard InChI is InChI=1S/C8H14N4/c9-5-3-1-2-4-8-11-6-10-7-12-8/h6-7H,1-5,9H2. The first-order valence-electron chi connectivity index (χ1n) is 4.24. The van der Waals surface area contributed by atoms with E-state index in [1.54, 1.807) is 0 Å². The minimum atomic E-state index is 0.775. The number of rotatable bonds is 5. The number of hydrogen-bond donors (Lipinski definition) is 1. The Hall–Kier alpha value is -1.03. The van der Waals surface area contributed by atoms with Crippen LogP contribution >= 0.6 is 0 Å². The Bertz CT molecular complexity index is 199. The molecule has 0 atom stereocenters. The molecular formula is C8H14N4. The van der Waals surface area contributed by atoms with Crippen LogP contribution in [0.5, 0.6) is 0 Å². The van der Waals surface area contributed by atoms with Crippen molar-refractivity contribution in [3.8, 4) is 0 Å². The second-order valence-electron chi connectivity index (χ2n) is 2.65. The summed E-state index contributed by atoms with van der Waals surface area (Å²) in [6, 6.07) is 0. The van der Waals surface area contributed by atoms with Gasteiger partial charge in [0.05, 0.1) is 0 Å². The molecule has 1 rings (SSSR count). The third-order valence-electron chi connectivity index (χ3n) is 1.65. The van der Waals surface area contributed by atoms with Crippen LogP contribution in [0.25, 0.3) is 0 Å². The smallest absolute Gasteiger partial charge is 0.131 e. The van der Waals surface area contributed by atoms with Crippen LogP contribution in [0.4, 0.5) is 0 Å². The summed E-state index contributed by atoms with van der Waals surface area (Å²) in [5.74, 6) is 0.877. The molecule has 0 saturated heterocycles. The minimum absolute atomic E-state index is 0.775. The number of unbranched alkanes of at least 4 members (excludes halogenated alkanes) is 2. The molecule has 4 nitrogen and oxygen atoms in total. The van der Waals surface area contributed by atoms with Crippen molar-refractivity contribution in [3.63, 3.8) is 0 Å². The molecule has 1 heterocycles. The second-order valence-corrected chi connectivity index (χ2v) is 2.65. The molecule has 0 bridgehead atoms. The van der Waals surface area contributed by atoms with Gasteiger partial charge in [-0.15, -0.1) is 0 Å². The van der Waals surface area contributed by atoms with Crippen molar-refractivity contribution >= 4 is 0 Å². The van der Waals surface area contributed by atoms with Gasteiger partial charge >= 0.3 is 0 Å². The van der Waals surface area contributed by atoms with E-state index in [1.165, 1.54) is 12.7 Å². The number of nitrogens with zero attached hydrogens (tertiary/aromatic N) is 3. The molecule has 0 radical (unpaired) electrons. The highest BCUT2D eigenvalue weighted by Crippen LogP contribution is 1.99. The zero-order valence-electron chi connectivity index (χ0n) is 7.11. The maximum Gasteiger partial charge on any atom is 0.131 e. The Morgan fingerprint density at radius 1 is 1.08 bits per heavy atom. The first kappa shape index (κ1) is 9.06. The average molecular weight is 166 g/mol. The molecule has 4 heteroatoms. The van der Waals surface area contributed by atoms with E-state index < -0.39 is 0 Å². The Morgan fingerprint density at radius 2 is 1.83 bits per heavy atom. The van der Waals surface area contributed by atoms with Gasteiger partial charge in [-0.05, 0) is 19.4 Å². The molecule has 1 aromatic heterocycles. The summed E-state index contributed by atoms with van der Waals surface area (Å²) in [7, 11) is 0. The van der Waals surface area contributed by atoms with Crippen LogP contribution in [-0.2, 0) is 6.42 Å². The maximum atomic E-state index is 5.37. The van der Waals surface area contributed by atoms with Crippen LogP contribution < -0.4 is 5.73 Å². The van der Waals surface area contributed by atoms with Gasteiger partial charge in [0, 0.05) is 6.42 Å². The number of aromatic nitrogens is 3. The van der Waals surface area contributed by atoms with Crippen molar-refractivity contribution in [1.82, 2.24) is 15.0 Å². The molecule has 0 aliphatic carbocycles. The lowest BCUT2D eigenvalue weighted by Crippen LogP contribution is -1.99. The van der Waals surface area contributed by atoms with Crippen molar-refractivity contribution in [2.75, 3.05) is 6.54 Å². The maximum absolute atomic E-state index is 5.37. The van der Waals surface area contributed by atoms with Crippen LogP contribution in [0.15, 0.2) is 12.7 Å². The van der Waals surface area contributed by atoms with Crippen LogP contribution in [0.2, 0.25) is 0 Å². The molecule has 0 aromatic carbocycles. The van der Waals surface area contributed by atoms with Crippen LogP contribution in [0.1, 0.15) is 25.1 Å². The average Bonchev–Trinajstić information content (AvgIpc) is 2.14. The van der Waals surface area contributed by atoms with Crippen LogP contribution in [0, 0.1) is 0 Å². The van der Waals surface area contributed by atoms with Gasteiger partial charge in [-0.25, -0.2) is 15.0 Å². The second kappa shape index (κ2) is 5.60. The number of hydrogen-bond acceptors (Lipinski definition) is 4. The highest BCUT2D eigenvalue weighted by atomic mass is 15.0. The predicted molar refractivity (Wildman–Crippen MR) is 46.4 cm³/mol. The van der Waals surface area contributed by atoms with E-state index in [1.807, 2.05) is 0 Å². The molecular weight excluding hydrogens is 152 g/mol. The van der Waals surface area contributed by atoms with Gasteiger partial charge in [0.1, 0.15) is 18.5 Å². The summed E-state index contributed by atoms with van der Waals surface area (Å²) in [4.78, 5) is 11.8. The first-order valence-corrected chi connectivity index (χ1v) is 4.24. The van der Waals surface area contributed by atoms with Gasteiger partial charge in [0.25, 0.3) is 0 Å². The largest absolute Gasteiger partial charge is 0.330 e. The Morgan fingerprint density at radius 3 is 2.50 bits per heavy atom. The Labute approximate surface area is 72.3 Å². The van der Waals surface area contributed by atoms with Gasteiger partial charge in [-0.2, -0.15) is 0 Å². The fourth-order valence-corrected chi connectivity index (χ4v) is 0.996. The number of aryl methyl sites for hydroxylation is 1. The molecule has 0 saturated carbocycles. The molecule has 66 valence electrons. The van der Waals surface area contributed by atoms with Crippen molar-refractivity contribution in [2.24, 2.45) is 5.73 Å².